The van der Waals surface area contributed by atoms with Gasteiger partial charge >= 0.3 is 12.0 Å². The molecule has 1 unspecified atom stereocenters. The fourth-order valence-corrected chi connectivity index (χ4v) is 7.66. The zero-order chi connectivity index (χ0) is 37.9. The van der Waals surface area contributed by atoms with Crippen molar-refractivity contribution in [2.24, 2.45) is 11.7 Å². The largest absolute Gasteiger partial charge is 0.466 e. The second kappa shape index (κ2) is 18.3. The van der Waals surface area contributed by atoms with Crippen molar-refractivity contribution in [2.75, 3.05) is 18.5 Å². The molecule has 10 nitrogen and oxygen atoms in total. The second-order valence-electron chi connectivity index (χ2n) is 14.6. The minimum atomic E-state index is -3.81. The predicted octanol–water partition coefficient (Wildman–Crippen LogP) is 7.94. The number of benzene rings is 3. The average Bonchev–Trinajstić information content (AvgIpc) is 3.04. The number of sulfonamides is 1. The van der Waals surface area contributed by atoms with E-state index in [1.165, 1.54) is 0 Å². The Labute approximate surface area is 304 Å². The van der Waals surface area contributed by atoms with Gasteiger partial charge in [0.15, 0.2) is 0 Å². The van der Waals surface area contributed by atoms with Crippen LogP contribution in [0.25, 0.3) is 11.1 Å². The van der Waals surface area contributed by atoms with E-state index in [2.05, 4.69) is 37.7 Å². The van der Waals surface area contributed by atoms with Gasteiger partial charge in [0, 0.05) is 36.3 Å². The highest BCUT2D eigenvalue weighted by Gasteiger charge is 2.28. The summed E-state index contributed by atoms with van der Waals surface area (Å²) in [6.07, 6.45) is 1.73. The van der Waals surface area contributed by atoms with Gasteiger partial charge in [0.1, 0.15) is 0 Å². The fourth-order valence-electron chi connectivity index (χ4n) is 6.01. The number of carbonyl (C=O) groups is 3. The molecule has 278 valence electrons. The average molecular weight is 721 g/mol. The third kappa shape index (κ3) is 12.2. The standard InChI is InChI=1S/C40H56N4O6S/c1-9-50-38(46)31(15-10-13-20-36(41)45)26-44(39(47)42-37-32(27(2)3)17-14-18-33(37)28(4)5)25-29-21-23-30(24-22-29)34-16-11-12-19-35(34)51(48,49)43-40(6,7)8/h11-12,14,16-19,21-24,27-28,31,43H,9-10,13,15,20,25-26H2,1-8H3,(H2,41,45)(H,42,47). The van der Waals surface area contributed by atoms with Crippen LogP contribution in [0.1, 0.15) is 110 Å². The molecule has 11 heteroatoms. The van der Waals surface area contributed by atoms with Crippen molar-refractivity contribution >= 4 is 33.6 Å². The van der Waals surface area contributed by atoms with E-state index in [4.69, 9.17) is 10.5 Å². The smallest absolute Gasteiger partial charge is 0.322 e. The molecule has 0 aliphatic heterocycles. The number of nitrogens with zero attached hydrogens (tertiary/aromatic N) is 1. The van der Waals surface area contributed by atoms with Crippen LogP contribution < -0.4 is 15.8 Å². The molecule has 51 heavy (non-hydrogen) atoms. The predicted molar refractivity (Wildman–Crippen MR) is 204 cm³/mol. The van der Waals surface area contributed by atoms with Gasteiger partial charge < -0.3 is 20.7 Å². The van der Waals surface area contributed by atoms with Crippen LogP contribution in [0.3, 0.4) is 0 Å². The molecule has 0 bridgehead atoms. The lowest BCUT2D eigenvalue weighted by molar-refractivity contribution is -0.148. The van der Waals surface area contributed by atoms with Crippen LogP contribution >= 0.6 is 0 Å². The Balaban J connectivity index is 2.01. The number of primary amides is 1. The molecule has 1 atom stereocenters. The van der Waals surface area contributed by atoms with E-state index in [0.717, 1.165) is 22.4 Å². The van der Waals surface area contributed by atoms with Crippen LogP contribution in [-0.4, -0.2) is 49.9 Å². The van der Waals surface area contributed by atoms with E-state index in [1.807, 2.05) is 42.5 Å². The number of hydrogen-bond acceptors (Lipinski definition) is 6. The summed E-state index contributed by atoms with van der Waals surface area (Å²) >= 11 is 0. The Morgan fingerprint density at radius 3 is 2.02 bits per heavy atom. The molecule has 3 aromatic carbocycles. The highest BCUT2D eigenvalue weighted by atomic mass is 32.2. The maximum absolute atomic E-state index is 14.3. The molecule has 4 N–H and O–H groups in total. The maximum Gasteiger partial charge on any atom is 0.322 e. The highest BCUT2D eigenvalue weighted by molar-refractivity contribution is 7.89. The van der Waals surface area contributed by atoms with Gasteiger partial charge in [0.05, 0.1) is 17.4 Å². The number of anilines is 1. The molecule has 0 aromatic heterocycles. The third-order valence-electron chi connectivity index (χ3n) is 8.43. The molecule has 0 aliphatic rings. The summed E-state index contributed by atoms with van der Waals surface area (Å²) < 4.78 is 34.8. The van der Waals surface area contributed by atoms with Crippen molar-refractivity contribution < 1.29 is 27.5 Å². The molecular formula is C40H56N4O6S. The number of amides is 3. The van der Waals surface area contributed by atoms with Crippen molar-refractivity contribution in [1.82, 2.24) is 9.62 Å². The first kappa shape index (κ1) is 41.2. The summed E-state index contributed by atoms with van der Waals surface area (Å²) in [7, 11) is -3.81. The van der Waals surface area contributed by atoms with E-state index in [-0.39, 0.29) is 48.9 Å². The topological polar surface area (TPSA) is 148 Å². The lowest BCUT2D eigenvalue weighted by Gasteiger charge is -2.29. The lowest BCUT2D eigenvalue weighted by atomic mass is 9.92. The molecule has 0 aliphatic carbocycles. The first-order valence-corrected chi connectivity index (χ1v) is 19.3. The Hall–Kier alpha value is -4.22. The summed E-state index contributed by atoms with van der Waals surface area (Å²) in [5.74, 6) is -1.12. The van der Waals surface area contributed by atoms with E-state index >= 15 is 0 Å². The van der Waals surface area contributed by atoms with E-state index in [9.17, 15) is 22.8 Å². The SMILES string of the molecule is CCOC(=O)C(CCCCC(N)=O)CN(Cc1ccc(-c2ccccc2S(=O)(=O)NC(C)(C)C)cc1)C(=O)Nc1c(C(C)C)cccc1C(C)C. The van der Waals surface area contributed by atoms with Gasteiger partial charge in [-0.15, -0.1) is 0 Å². The van der Waals surface area contributed by atoms with Crippen LogP contribution in [0.15, 0.2) is 71.6 Å². The second-order valence-corrected chi connectivity index (χ2v) is 16.3. The van der Waals surface area contributed by atoms with Gasteiger partial charge in [-0.1, -0.05) is 94.8 Å². The Morgan fingerprint density at radius 2 is 1.47 bits per heavy atom. The van der Waals surface area contributed by atoms with Gasteiger partial charge in [-0.2, -0.15) is 0 Å². The van der Waals surface area contributed by atoms with E-state index in [0.29, 0.717) is 30.4 Å². The van der Waals surface area contributed by atoms with Crippen molar-refractivity contribution in [1.29, 1.82) is 0 Å². The molecule has 3 amide bonds. The van der Waals surface area contributed by atoms with E-state index in [1.54, 1.807) is 56.9 Å². The molecule has 0 fully saturated rings. The van der Waals surface area contributed by atoms with Crippen molar-refractivity contribution in [3.8, 4) is 11.1 Å². The number of carbonyl (C=O) groups excluding carboxylic acids is 3. The first-order chi connectivity index (χ1) is 23.9. The summed E-state index contributed by atoms with van der Waals surface area (Å²) in [6, 6.07) is 19.9. The summed E-state index contributed by atoms with van der Waals surface area (Å²) in [5, 5.41) is 3.20. The number of nitrogens with two attached hydrogens (primary N) is 1. The number of hydrogen-bond donors (Lipinski definition) is 3. The Kier molecular flexibility index (Phi) is 14.8. The van der Waals surface area contributed by atoms with Crippen LogP contribution in [0, 0.1) is 5.92 Å². The van der Waals surface area contributed by atoms with Crippen molar-refractivity contribution in [2.45, 2.75) is 110 Å². The van der Waals surface area contributed by atoms with Crippen molar-refractivity contribution in [3.05, 3.63) is 83.4 Å². The number of urea groups is 1. The molecule has 0 saturated heterocycles. The molecule has 3 aromatic rings. The van der Waals surface area contributed by atoms with Crippen LogP contribution in [0.4, 0.5) is 10.5 Å². The molecule has 3 rings (SSSR count). The summed E-state index contributed by atoms with van der Waals surface area (Å²) in [6.45, 7) is 15.9. The molecule has 0 radical (unpaired) electrons. The monoisotopic (exact) mass is 720 g/mol. The quantitative estimate of drug-likeness (QED) is 0.0953. The molecule has 0 spiro atoms. The van der Waals surface area contributed by atoms with Gasteiger partial charge in [-0.25, -0.2) is 17.9 Å². The maximum atomic E-state index is 14.3. The highest BCUT2D eigenvalue weighted by Crippen LogP contribution is 2.33. The molecule has 0 heterocycles. The number of esters is 1. The first-order valence-electron chi connectivity index (χ1n) is 17.8. The Morgan fingerprint density at radius 1 is 0.863 bits per heavy atom. The zero-order valence-corrected chi connectivity index (χ0v) is 32.2. The number of para-hydroxylation sites is 1. The number of nitrogens with one attached hydrogen (secondary N) is 2. The van der Waals surface area contributed by atoms with E-state index < -0.39 is 33.4 Å². The summed E-state index contributed by atoms with van der Waals surface area (Å²) in [5.41, 5.74) is 9.53. The number of unbranched alkanes of at least 4 members (excludes halogenated alkanes) is 1. The molecule has 0 saturated carbocycles. The zero-order valence-electron chi connectivity index (χ0n) is 31.4. The minimum Gasteiger partial charge on any atom is -0.466 e. The molecular weight excluding hydrogens is 665 g/mol. The Bertz CT molecular complexity index is 1720. The minimum absolute atomic E-state index is 0.0867. The van der Waals surface area contributed by atoms with Crippen LogP contribution in [0.5, 0.6) is 0 Å². The van der Waals surface area contributed by atoms with Crippen molar-refractivity contribution in [3.63, 3.8) is 0 Å². The van der Waals surface area contributed by atoms with Gasteiger partial charge in [0.25, 0.3) is 0 Å². The summed E-state index contributed by atoms with van der Waals surface area (Å²) in [4.78, 5) is 40.6. The fraction of sp³-hybridized carbons (Fsp3) is 0.475. The normalized spacial score (nSPS) is 12.5. The van der Waals surface area contributed by atoms with Gasteiger partial charge in [-0.3, -0.25) is 9.59 Å². The lowest BCUT2D eigenvalue weighted by Crippen LogP contribution is -2.41. The van der Waals surface area contributed by atoms with Gasteiger partial charge in [-0.05, 0) is 80.7 Å². The van der Waals surface area contributed by atoms with Crippen LogP contribution in [-0.2, 0) is 30.9 Å². The van der Waals surface area contributed by atoms with Crippen LogP contribution in [0.2, 0.25) is 0 Å². The number of ether oxygens (including phenoxy) is 1. The number of rotatable bonds is 17. The third-order valence-corrected chi connectivity index (χ3v) is 10.3. The van der Waals surface area contributed by atoms with Gasteiger partial charge in [0.2, 0.25) is 15.9 Å².